The topological polar surface area (TPSA) is 70.7 Å². The average Bonchev–Trinajstić information content (AvgIpc) is 2.51. The maximum Gasteiger partial charge on any atom is 0.239 e. The predicted octanol–water partition coefficient (Wildman–Crippen LogP) is 1.53. The zero-order chi connectivity index (χ0) is 17.2. The first-order valence-electron chi connectivity index (χ1n) is 7.50. The molecule has 0 aliphatic rings. The monoisotopic (exact) mass is 385 g/mol. The fraction of sp³-hybridized carbons (Fsp3) is 0.500. The number of methoxy groups -OCH3 is 1. The van der Waals surface area contributed by atoms with E-state index in [1.165, 1.54) is 0 Å². The summed E-state index contributed by atoms with van der Waals surface area (Å²) in [6, 6.07) is 5.75. The highest BCUT2D eigenvalue weighted by molar-refractivity contribution is 9.10. The molecule has 0 bridgehead atoms. The molecule has 0 aliphatic carbocycles. The first-order valence-corrected chi connectivity index (χ1v) is 8.30. The number of rotatable bonds is 9. The standard InChI is InChI=1S/C16H24BrN3O3/c1-4-7-18-15(21)9-19-16(22)11-20(2)10-12-8-13(17)5-6-14(12)23-3/h5-6,8H,4,7,9-11H2,1-3H3,(H,18,21)(H,19,22). The number of nitrogens with one attached hydrogen (secondary N) is 2. The highest BCUT2D eigenvalue weighted by Gasteiger charge is 2.11. The van der Waals surface area contributed by atoms with Gasteiger partial charge in [-0.15, -0.1) is 0 Å². The summed E-state index contributed by atoms with van der Waals surface area (Å²) in [6.07, 6.45) is 0.872. The second kappa shape index (κ2) is 10.2. The van der Waals surface area contributed by atoms with Crippen LogP contribution in [0, 0.1) is 0 Å². The summed E-state index contributed by atoms with van der Waals surface area (Å²) in [5.74, 6) is 0.420. The minimum Gasteiger partial charge on any atom is -0.496 e. The van der Waals surface area contributed by atoms with Gasteiger partial charge in [-0.2, -0.15) is 0 Å². The van der Waals surface area contributed by atoms with Gasteiger partial charge in [-0.05, 0) is 31.7 Å². The third-order valence-electron chi connectivity index (χ3n) is 3.11. The van der Waals surface area contributed by atoms with Gasteiger partial charge in [0.05, 0.1) is 20.2 Å². The van der Waals surface area contributed by atoms with Crippen LogP contribution in [0.2, 0.25) is 0 Å². The van der Waals surface area contributed by atoms with E-state index in [0.29, 0.717) is 13.1 Å². The van der Waals surface area contributed by atoms with E-state index in [2.05, 4.69) is 26.6 Å². The number of hydrogen-bond donors (Lipinski definition) is 2. The number of benzene rings is 1. The van der Waals surface area contributed by atoms with E-state index in [9.17, 15) is 9.59 Å². The third-order valence-corrected chi connectivity index (χ3v) is 3.61. The first kappa shape index (κ1) is 19.4. The smallest absolute Gasteiger partial charge is 0.239 e. The van der Waals surface area contributed by atoms with Crippen LogP contribution in [0.3, 0.4) is 0 Å². The molecule has 0 saturated heterocycles. The van der Waals surface area contributed by atoms with Crippen molar-refractivity contribution in [3.63, 3.8) is 0 Å². The molecule has 0 fully saturated rings. The summed E-state index contributed by atoms with van der Waals surface area (Å²) in [5, 5.41) is 5.33. The Balaban J connectivity index is 2.44. The van der Waals surface area contributed by atoms with Crippen molar-refractivity contribution >= 4 is 27.7 Å². The van der Waals surface area contributed by atoms with Crippen LogP contribution in [0.25, 0.3) is 0 Å². The highest BCUT2D eigenvalue weighted by Crippen LogP contribution is 2.23. The molecule has 6 nitrogen and oxygen atoms in total. The lowest BCUT2D eigenvalue weighted by Crippen LogP contribution is -2.41. The molecule has 2 amide bonds. The van der Waals surface area contributed by atoms with Gasteiger partial charge in [0.1, 0.15) is 5.75 Å². The van der Waals surface area contributed by atoms with Gasteiger partial charge in [-0.1, -0.05) is 22.9 Å². The van der Waals surface area contributed by atoms with Crippen molar-refractivity contribution in [2.45, 2.75) is 19.9 Å². The molecule has 0 heterocycles. The van der Waals surface area contributed by atoms with Gasteiger partial charge in [0, 0.05) is 23.1 Å². The fourth-order valence-electron chi connectivity index (χ4n) is 2.02. The number of nitrogens with zero attached hydrogens (tertiary/aromatic N) is 1. The fourth-order valence-corrected chi connectivity index (χ4v) is 2.43. The lowest BCUT2D eigenvalue weighted by molar-refractivity contribution is -0.126. The molecule has 1 aromatic rings. The van der Waals surface area contributed by atoms with Gasteiger partial charge < -0.3 is 15.4 Å². The Labute approximate surface area is 145 Å². The van der Waals surface area contributed by atoms with Crippen LogP contribution in [-0.2, 0) is 16.1 Å². The van der Waals surface area contributed by atoms with Gasteiger partial charge in [0.25, 0.3) is 0 Å². The second-order valence-electron chi connectivity index (χ2n) is 5.26. The molecule has 0 spiro atoms. The van der Waals surface area contributed by atoms with E-state index < -0.39 is 0 Å². The lowest BCUT2D eigenvalue weighted by Gasteiger charge is -2.18. The first-order chi connectivity index (χ1) is 11.0. The van der Waals surface area contributed by atoms with Crippen molar-refractivity contribution in [3.8, 4) is 5.75 Å². The lowest BCUT2D eigenvalue weighted by atomic mass is 10.2. The molecule has 1 aromatic carbocycles. The molecule has 0 aliphatic heterocycles. The van der Waals surface area contributed by atoms with Crippen LogP contribution in [-0.4, -0.2) is 50.5 Å². The van der Waals surface area contributed by atoms with Crippen LogP contribution in [0.5, 0.6) is 5.75 Å². The summed E-state index contributed by atoms with van der Waals surface area (Å²) in [7, 11) is 3.46. The molecule has 0 unspecified atom stereocenters. The molecule has 7 heteroatoms. The van der Waals surface area contributed by atoms with Gasteiger partial charge in [0.15, 0.2) is 0 Å². The van der Waals surface area contributed by atoms with Crippen molar-refractivity contribution in [3.05, 3.63) is 28.2 Å². The molecule has 0 saturated carbocycles. The summed E-state index contributed by atoms with van der Waals surface area (Å²) in [5.41, 5.74) is 0.984. The Morgan fingerprint density at radius 3 is 2.65 bits per heavy atom. The summed E-state index contributed by atoms with van der Waals surface area (Å²) < 4.78 is 6.28. The number of hydrogen-bond acceptors (Lipinski definition) is 4. The molecule has 1 rings (SSSR count). The summed E-state index contributed by atoms with van der Waals surface area (Å²) in [4.78, 5) is 25.2. The molecule has 0 aromatic heterocycles. The van der Waals surface area contributed by atoms with Crippen molar-refractivity contribution in [1.29, 1.82) is 0 Å². The van der Waals surface area contributed by atoms with E-state index in [1.54, 1.807) is 7.11 Å². The minimum absolute atomic E-state index is 0.00682. The Morgan fingerprint density at radius 2 is 2.00 bits per heavy atom. The summed E-state index contributed by atoms with van der Waals surface area (Å²) >= 11 is 3.43. The van der Waals surface area contributed by atoms with Crippen molar-refractivity contribution in [2.75, 3.05) is 33.8 Å². The predicted molar refractivity (Wildman–Crippen MR) is 93.3 cm³/mol. The van der Waals surface area contributed by atoms with E-state index in [-0.39, 0.29) is 24.9 Å². The Morgan fingerprint density at radius 1 is 1.26 bits per heavy atom. The van der Waals surface area contributed by atoms with E-state index in [0.717, 1.165) is 22.2 Å². The number of halogens is 1. The Bertz CT molecular complexity index is 537. The summed E-state index contributed by atoms with van der Waals surface area (Å²) in [6.45, 7) is 3.38. The van der Waals surface area contributed by atoms with Crippen molar-refractivity contribution < 1.29 is 14.3 Å². The SMILES string of the molecule is CCCNC(=O)CNC(=O)CN(C)Cc1cc(Br)ccc1OC. The van der Waals surface area contributed by atoms with Crippen LogP contribution in [0.15, 0.2) is 22.7 Å². The minimum atomic E-state index is -0.187. The van der Waals surface area contributed by atoms with Crippen LogP contribution >= 0.6 is 15.9 Å². The molecule has 0 radical (unpaired) electrons. The van der Waals surface area contributed by atoms with Crippen LogP contribution < -0.4 is 15.4 Å². The normalized spacial score (nSPS) is 10.5. The molecule has 128 valence electrons. The maximum atomic E-state index is 11.9. The van der Waals surface area contributed by atoms with Crippen LogP contribution in [0.1, 0.15) is 18.9 Å². The van der Waals surface area contributed by atoms with Gasteiger partial charge in [0.2, 0.25) is 11.8 Å². The highest BCUT2D eigenvalue weighted by atomic mass is 79.9. The number of ether oxygens (including phenoxy) is 1. The Hall–Kier alpha value is -1.60. The van der Waals surface area contributed by atoms with Crippen molar-refractivity contribution in [2.24, 2.45) is 0 Å². The number of carbonyl (C=O) groups is 2. The van der Waals surface area contributed by atoms with Crippen molar-refractivity contribution in [1.82, 2.24) is 15.5 Å². The maximum absolute atomic E-state index is 11.9. The number of likely N-dealkylation sites (N-methyl/N-ethyl adjacent to an activating group) is 1. The number of carbonyl (C=O) groups excluding carboxylic acids is 2. The van der Waals surface area contributed by atoms with E-state index in [4.69, 9.17) is 4.74 Å². The third kappa shape index (κ3) is 7.47. The molecular formula is C16H24BrN3O3. The molecule has 0 atom stereocenters. The van der Waals surface area contributed by atoms with Gasteiger partial charge in [-0.25, -0.2) is 0 Å². The largest absolute Gasteiger partial charge is 0.496 e. The van der Waals surface area contributed by atoms with Crippen LogP contribution in [0.4, 0.5) is 0 Å². The molecular weight excluding hydrogens is 362 g/mol. The van der Waals surface area contributed by atoms with E-state index in [1.807, 2.05) is 37.1 Å². The Kier molecular flexibility index (Phi) is 8.65. The molecule has 2 N–H and O–H groups in total. The zero-order valence-corrected chi connectivity index (χ0v) is 15.4. The number of amides is 2. The second-order valence-corrected chi connectivity index (χ2v) is 6.17. The van der Waals surface area contributed by atoms with Gasteiger partial charge in [-0.3, -0.25) is 14.5 Å². The molecule has 23 heavy (non-hydrogen) atoms. The zero-order valence-electron chi connectivity index (χ0n) is 13.8. The van der Waals surface area contributed by atoms with E-state index >= 15 is 0 Å². The average molecular weight is 386 g/mol. The quantitative estimate of drug-likeness (QED) is 0.676. The van der Waals surface area contributed by atoms with Gasteiger partial charge >= 0.3 is 0 Å².